The highest BCUT2D eigenvalue weighted by atomic mass is 19.2. The van der Waals surface area contributed by atoms with Crippen molar-refractivity contribution >= 4 is 50.3 Å². The van der Waals surface area contributed by atoms with Crippen LogP contribution in [0, 0.1) is 17.6 Å². The monoisotopic (exact) mass is 545 g/mol. The lowest BCUT2D eigenvalue weighted by atomic mass is 9.93. The van der Waals surface area contributed by atoms with Gasteiger partial charge in [0.05, 0.1) is 33.1 Å². The highest BCUT2D eigenvalue weighted by molar-refractivity contribution is 6.18. The van der Waals surface area contributed by atoms with Gasteiger partial charge in [-0.15, -0.1) is 0 Å². The van der Waals surface area contributed by atoms with Gasteiger partial charge >= 0.3 is 5.97 Å². The standard InChI is InChI=1S/C28H25F2N7O3/c1-31-18-5-17(29)22(30)20-21-24(37-9-13-8-35(2)19(13)11-37)15(7-32-26(21)34-23(18)20)12-4-14-25(38)16(28(39)40)10-36(3)27(14)33-6-12/h4-7,10,13,19,31H,8-9,11H2,1-3H3,(H,32,34)(H,39,40)/t13-,19+/m0/s1. The Hall–Kier alpha value is -4.58. The molecule has 1 aromatic carbocycles. The number of pyridine rings is 3. The number of nitrogens with zero attached hydrogens (tertiary/aromatic N) is 5. The summed E-state index contributed by atoms with van der Waals surface area (Å²) in [5.41, 5.74) is 2.29. The quantitative estimate of drug-likeness (QED) is 0.315. The number of fused-ring (bicyclic) bond motifs is 5. The second-order valence-electron chi connectivity index (χ2n) is 10.6. The van der Waals surface area contributed by atoms with Gasteiger partial charge in [-0.05, 0) is 13.1 Å². The molecular weight excluding hydrogens is 520 g/mol. The van der Waals surface area contributed by atoms with Crippen molar-refractivity contribution in [3.05, 3.63) is 58.1 Å². The molecule has 3 N–H and O–H groups in total. The number of rotatable bonds is 4. The van der Waals surface area contributed by atoms with Gasteiger partial charge in [0.25, 0.3) is 0 Å². The number of aromatic carboxylic acids is 1. The molecule has 7 rings (SSSR count). The number of hydrogen-bond donors (Lipinski definition) is 3. The molecule has 12 heteroatoms. The fraction of sp³-hybridized carbons (Fsp3) is 0.286. The SMILES string of the molecule is CNc1cc(F)c(F)c2c1[nH]c1ncc(-c3cnc4c(c3)c(=O)c(C(=O)O)cn4C)c(N3C[C@@H]4CN(C)[C@@H]4C3)c12. The van der Waals surface area contributed by atoms with Crippen molar-refractivity contribution in [2.75, 3.05) is 43.9 Å². The lowest BCUT2D eigenvalue weighted by Gasteiger charge is -2.40. The minimum absolute atomic E-state index is 0.0918. The normalized spacial score (nSPS) is 19.0. The molecule has 2 fully saturated rings. The summed E-state index contributed by atoms with van der Waals surface area (Å²) in [5.74, 6) is -2.85. The van der Waals surface area contributed by atoms with Gasteiger partial charge in [0, 0.05) is 81.5 Å². The van der Waals surface area contributed by atoms with Gasteiger partial charge < -0.3 is 29.8 Å². The van der Waals surface area contributed by atoms with Crippen LogP contribution in [0.2, 0.25) is 0 Å². The van der Waals surface area contributed by atoms with E-state index in [0.29, 0.717) is 63.2 Å². The Morgan fingerprint density at radius 3 is 2.62 bits per heavy atom. The van der Waals surface area contributed by atoms with Crippen molar-refractivity contribution < 1.29 is 18.7 Å². The molecule has 2 aliphatic rings. The molecule has 204 valence electrons. The Labute approximate surface area is 225 Å². The first-order valence-electron chi connectivity index (χ1n) is 12.9. The van der Waals surface area contributed by atoms with Gasteiger partial charge in [-0.1, -0.05) is 0 Å². The third-order valence-corrected chi connectivity index (χ3v) is 8.40. The third kappa shape index (κ3) is 3.28. The first-order chi connectivity index (χ1) is 19.2. The average Bonchev–Trinajstić information content (AvgIpc) is 3.50. The van der Waals surface area contributed by atoms with E-state index in [1.807, 2.05) is 0 Å². The molecule has 0 spiro atoms. The summed E-state index contributed by atoms with van der Waals surface area (Å²) in [7, 11) is 5.33. The van der Waals surface area contributed by atoms with Crippen LogP contribution >= 0.6 is 0 Å². The van der Waals surface area contributed by atoms with E-state index in [4.69, 9.17) is 0 Å². The smallest absolute Gasteiger partial charge is 0.341 e. The number of nitrogens with one attached hydrogen (secondary N) is 2. The number of aromatic nitrogens is 4. The zero-order valence-corrected chi connectivity index (χ0v) is 21.9. The molecule has 40 heavy (non-hydrogen) atoms. The largest absolute Gasteiger partial charge is 0.477 e. The fourth-order valence-corrected chi connectivity index (χ4v) is 6.43. The highest BCUT2D eigenvalue weighted by Crippen LogP contribution is 2.46. The van der Waals surface area contributed by atoms with Gasteiger partial charge in [-0.25, -0.2) is 23.5 Å². The van der Waals surface area contributed by atoms with Gasteiger partial charge in [0.1, 0.15) is 16.9 Å². The number of H-pyrrole nitrogens is 1. The number of carbonyl (C=O) groups is 1. The van der Waals surface area contributed by atoms with Crippen molar-refractivity contribution in [2.24, 2.45) is 13.0 Å². The number of carboxylic acids is 1. The van der Waals surface area contributed by atoms with Crippen LogP contribution in [-0.4, -0.2) is 75.3 Å². The van der Waals surface area contributed by atoms with Crippen molar-refractivity contribution in [1.29, 1.82) is 0 Å². The number of carboxylic acid groups (broad SMARTS) is 1. The molecule has 0 bridgehead atoms. The van der Waals surface area contributed by atoms with Crippen LogP contribution in [0.1, 0.15) is 10.4 Å². The fourth-order valence-electron chi connectivity index (χ4n) is 6.43. The molecule has 5 aromatic rings. The molecular formula is C28H25F2N7O3. The molecule has 0 amide bonds. The second-order valence-corrected chi connectivity index (χ2v) is 10.6. The van der Waals surface area contributed by atoms with Gasteiger partial charge in [-0.3, -0.25) is 4.79 Å². The maximum absolute atomic E-state index is 15.5. The number of likely N-dealkylation sites (N-methyl/N-ethyl adjacent to an activating group) is 1. The van der Waals surface area contributed by atoms with Crippen LogP contribution in [-0.2, 0) is 7.05 Å². The molecule has 0 saturated carbocycles. The van der Waals surface area contributed by atoms with Crippen LogP contribution < -0.4 is 15.6 Å². The molecule has 0 unspecified atom stereocenters. The Balaban J connectivity index is 1.56. The Morgan fingerprint density at radius 1 is 1.12 bits per heavy atom. The molecule has 2 atom stereocenters. The summed E-state index contributed by atoms with van der Waals surface area (Å²) in [4.78, 5) is 41.5. The first kappa shape index (κ1) is 24.5. The predicted molar refractivity (Wildman–Crippen MR) is 148 cm³/mol. The van der Waals surface area contributed by atoms with Crippen LogP contribution in [0.3, 0.4) is 0 Å². The maximum Gasteiger partial charge on any atom is 0.341 e. The molecule has 6 heterocycles. The van der Waals surface area contributed by atoms with Gasteiger partial charge in [-0.2, -0.15) is 0 Å². The lowest BCUT2D eigenvalue weighted by Crippen LogP contribution is -2.52. The number of likely N-dealkylation sites (tertiary alicyclic amines) is 1. The Kier molecular flexibility index (Phi) is 5.17. The zero-order chi connectivity index (χ0) is 28.0. The summed E-state index contributed by atoms with van der Waals surface area (Å²) in [5, 5.41) is 13.2. The van der Waals surface area contributed by atoms with Crippen LogP contribution in [0.5, 0.6) is 0 Å². The van der Waals surface area contributed by atoms with E-state index in [9.17, 15) is 19.1 Å². The Morgan fingerprint density at radius 2 is 1.93 bits per heavy atom. The molecule has 2 aliphatic heterocycles. The molecule has 0 aliphatic carbocycles. The first-order valence-corrected chi connectivity index (χ1v) is 12.9. The van der Waals surface area contributed by atoms with Crippen LogP contribution in [0.15, 0.2) is 35.5 Å². The average molecular weight is 546 g/mol. The minimum Gasteiger partial charge on any atom is -0.477 e. The van der Waals surface area contributed by atoms with Crippen molar-refractivity contribution in [3.63, 3.8) is 0 Å². The van der Waals surface area contributed by atoms with Gasteiger partial charge in [0.15, 0.2) is 11.6 Å². The van der Waals surface area contributed by atoms with E-state index in [-0.39, 0.29) is 16.3 Å². The third-order valence-electron chi connectivity index (χ3n) is 8.40. The van der Waals surface area contributed by atoms with E-state index < -0.39 is 23.0 Å². The maximum atomic E-state index is 15.5. The number of halogens is 2. The van der Waals surface area contributed by atoms with Gasteiger partial charge in [0.2, 0.25) is 5.43 Å². The Bertz CT molecular complexity index is 1970. The van der Waals surface area contributed by atoms with E-state index in [2.05, 4.69) is 37.1 Å². The number of aryl methyl sites for hydroxylation is 1. The van der Waals surface area contributed by atoms with Crippen molar-refractivity contribution in [2.45, 2.75) is 6.04 Å². The van der Waals surface area contributed by atoms with E-state index in [1.54, 1.807) is 32.6 Å². The second kappa shape index (κ2) is 8.46. The minimum atomic E-state index is -1.33. The topological polar surface area (TPSA) is 119 Å². The highest BCUT2D eigenvalue weighted by Gasteiger charge is 2.44. The summed E-state index contributed by atoms with van der Waals surface area (Å²) in [6, 6.07) is 3.04. The summed E-state index contributed by atoms with van der Waals surface area (Å²) in [6.07, 6.45) is 4.48. The number of aromatic amines is 1. The molecule has 2 saturated heterocycles. The number of hydrogen-bond acceptors (Lipinski definition) is 7. The lowest BCUT2D eigenvalue weighted by molar-refractivity contribution is 0.0695. The number of anilines is 2. The van der Waals surface area contributed by atoms with Crippen molar-refractivity contribution in [3.8, 4) is 11.1 Å². The molecule has 10 nitrogen and oxygen atoms in total. The number of benzene rings is 1. The van der Waals surface area contributed by atoms with E-state index in [1.165, 1.54) is 10.8 Å². The molecule has 0 radical (unpaired) electrons. The summed E-state index contributed by atoms with van der Waals surface area (Å²) >= 11 is 0. The van der Waals surface area contributed by atoms with Crippen LogP contribution in [0.4, 0.5) is 20.2 Å². The van der Waals surface area contributed by atoms with E-state index in [0.717, 1.165) is 19.2 Å². The van der Waals surface area contributed by atoms with E-state index >= 15 is 4.39 Å². The summed E-state index contributed by atoms with van der Waals surface area (Å²) < 4.78 is 31.9. The zero-order valence-electron chi connectivity index (χ0n) is 21.9. The van der Waals surface area contributed by atoms with Crippen LogP contribution in [0.25, 0.3) is 44.1 Å². The predicted octanol–water partition coefficient (Wildman–Crippen LogP) is 3.40. The van der Waals surface area contributed by atoms with Crippen molar-refractivity contribution in [1.82, 2.24) is 24.4 Å². The summed E-state index contributed by atoms with van der Waals surface area (Å²) in [6.45, 7) is 2.34. The molecule has 4 aromatic heterocycles.